The summed E-state index contributed by atoms with van der Waals surface area (Å²) in [5.74, 6) is 1.06. The molecule has 0 fully saturated rings. The van der Waals surface area contributed by atoms with Crippen molar-refractivity contribution in [3.63, 3.8) is 0 Å². The van der Waals surface area contributed by atoms with E-state index in [1.807, 2.05) is 123 Å². The molecule has 0 heterocycles. The van der Waals surface area contributed by atoms with Gasteiger partial charge in [0.25, 0.3) is 0 Å². The predicted molar refractivity (Wildman–Crippen MR) is 184 cm³/mol. The number of fused-ring (bicyclic) bond motifs is 2. The van der Waals surface area contributed by atoms with Crippen molar-refractivity contribution in [3.05, 3.63) is 139 Å². The summed E-state index contributed by atoms with van der Waals surface area (Å²) in [6, 6.07) is 41.6. The van der Waals surface area contributed by atoms with Crippen LogP contribution in [-0.2, 0) is 10.0 Å². The van der Waals surface area contributed by atoms with Crippen molar-refractivity contribution in [1.82, 2.24) is 3.74 Å². The lowest BCUT2D eigenvalue weighted by Crippen LogP contribution is -2.58. The van der Waals surface area contributed by atoms with Gasteiger partial charge < -0.3 is 14.8 Å². The van der Waals surface area contributed by atoms with Crippen molar-refractivity contribution in [2.45, 2.75) is 24.9 Å². The van der Waals surface area contributed by atoms with Crippen molar-refractivity contribution >= 4 is 59.2 Å². The second-order valence-electron chi connectivity index (χ2n) is 11.1. The molecule has 0 aliphatic heterocycles. The maximum atomic E-state index is 14.9. The second kappa shape index (κ2) is 12.1. The molecule has 0 atom stereocenters. The van der Waals surface area contributed by atoms with E-state index in [-0.39, 0.29) is 4.90 Å². The van der Waals surface area contributed by atoms with Crippen molar-refractivity contribution in [1.29, 1.82) is 0 Å². The Labute approximate surface area is 260 Å². The van der Waals surface area contributed by atoms with Gasteiger partial charge in [-0.3, -0.25) is 0 Å². The number of rotatable bonds is 9. The summed E-state index contributed by atoms with van der Waals surface area (Å²) in [6.45, 7) is 5.87. The van der Waals surface area contributed by atoms with Gasteiger partial charge in [-0.15, -0.1) is 3.74 Å². The average molecular weight is 637 g/mol. The maximum Gasteiger partial charge on any atom is 0.392 e. The number of sulfonamides is 1. The first kappa shape index (κ1) is 29.9. The third-order valence-electron chi connectivity index (χ3n) is 7.65. The number of aryl methyl sites for hydroxylation is 1. The average Bonchev–Trinajstić information content (AvgIpc) is 3.01. The zero-order chi connectivity index (χ0) is 30.9. The predicted octanol–water partition coefficient (Wildman–Crippen LogP) is 8.37. The molecule has 0 aliphatic carbocycles. The molecular weight excluding hydrogens is 604 g/mol. The molecule has 0 radical (unpaired) electrons. The van der Waals surface area contributed by atoms with Crippen LogP contribution in [0, 0.1) is 6.92 Å². The number of anilines is 1. The highest BCUT2D eigenvalue weighted by Gasteiger charge is 2.50. The molecule has 222 valence electrons. The number of para-hydroxylation sites is 1. The first-order valence-corrected chi connectivity index (χ1v) is 19.8. The van der Waals surface area contributed by atoms with Crippen LogP contribution in [0.3, 0.4) is 0 Å². The monoisotopic (exact) mass is 636 g/mol. The highest BCUT2D eigenvalue weighted by Crippen LogP contribution is 2.52. The van der Waals surface area contributed by atoms with E-state index in [0.29, 0.717) is 17.2 Å². The summed E-state index contributed by atoms with van der Waals surface area (Å²) in [4.78, 5) is 0.161. The molecule has 0 spiro atoms. The third-order valence-corrected chi connectivity index (χ3v) is 17.8. The Morgan fingerprint density at radius 2 is 1.11 bits per heavy atom. The Morgan fingerprint density at radius 3 is 1.66 bits per heavy atom. The highest BCUT2D eigenvalue weighted by atomic mass is 32.2. The fourth-order valence-corrected chi connectivity index (χ4v) is 14.8. The Balaban J connectivity index is 1.60. The van der Waals surface area contributed by atoms with Crippen molar-refractivity contribution in [3.8, 4) is 11.5 Å². The molecule has 6 nitrogen and oxygen atoms in total. The van der Waals surface area contributed by atoms with Crippen LogP contribution in [0.4, 0.5) is 5.69 Å². The van der Waals surface area contributed by atoms with E-state index in [0.717, 1.165) is 32.3 Å². The van der Waals surface area contributed by atoms with Crippen molar-refractivity contribution < 1.29 is 17.5 Å². The van der Waals surface area contributed by atoms with Crippen LogP contribution < -0.4 is 20.0 Å². The summed E-state index contributed by atoms with van der Waals surface area (Å²) >= 11 is 0. The van der Waals surface area contributed by atoms with E-state index in [4.69, 9.17) is 14.8 Å². The number of nitrogens with zero attached hydrogens (tertiary/aromatic N) is 1. The van der Waals surface area contributed by atoms with E-state index in [9.17, 15) is 8.42 Å². The minimum Gasteiger partial charge on any atom is -0.426 e. The molecule has 9 heteroatoms. The fourth-order valence-electron chi connectivity index (χ4n) is 5.37. The Hall–Kier alpha value is -4.20. The zero-order valence-electron chi connectivity index (χ0n) is 24.7. The first-order chi connectivity index (χ1) is 21.2. The molecule has 0 bridgehead atoms. The van der Waals surface area contributed by atoms with Gasteiger partial charge in [0.15, 0.2) is 8.24 Å². The van der Waals surface area contributed by atoms with Gasteiger partial charge in [0.1, 0.15) is 11.5 Å². The van der Waals surface area contributed by atoms with E-state index in [1.165, 1.54) is 3.74 Å². The van der Waals surface area contributed by atoms with Crippen LogP contribution in [0.5, 0.6) is 11.5 Å². The smallest absolute Gasteiger partial charge is 0.392 e. The van der Waals surface area contributed by atoms with Crippen LogP contribution in [0.25, 0.3) is 21.5 Å². The topological polar surface area (TPSA) is 81.9 Å². The number of hydrogen-bond donors (Lipinski definition) is 1. The standard InChI is InChI=1S/C35H33N2O4PSSi/c1-26-22-24-29(25-23-26)43(38,39)37(44(2,3)35-21-9-8-18-32(35)36)42(40-33-19-10-14-27-12-4-6-16-30(27)33)41-34-20-11-15-28-13-5-7-17-31(28)34/h4-25H,36H2,1-3H3. The second-order valence-corrected chi connectivity index (χ2v) is 19.2. The molecule has 44 heavy (non-hydrogen) atoms. The lowest BCUT2D eigenvalue weighted by molar-refractivity contribution is 0.462. The summed E-state index contributed by atoms with van der Waals surface area (Å²) in [6.07, 6.45) is 0. The molecule has 0 amide bonds. The number of nitrogen functional groups attached to an aromatic ring is 1. The van der Waals surface area contributed by atoms with Crippen LogP contribution in [-0.4, -0.2) is 20.4 Å². The summed E-state index contributed by atoms with van der Waals surface area (Å²) in [7, 11) is -9.67. The molecule has 6 aromatic carbocycles. The van der Waals surface area contributed by atoms with Gasteiger partial charge in [-0.25, -0.2) is 8.42 Å². The SMILES string of the molecule is Cc1ccc(S(=O)(=O)N(P(Oc2cccc3ccccc23)Oc2cccc3ccccc23)[Si](C)(C)c2ccccc2N)cc1. The lowest BCUT2D eigenvalue weighted by Gasteiger charge is -2.39. The molecule has 0 saturated heterocycles. The third kappa shape index (κ3) is 5.69. The van der Waals surface area contributed by atoms with Gasteiger partial charge in [-0.2, -0.15) is 0 Å². The van der Waals surface area contributed by atoms with Crippen molar-refractivity contribution in [2.24, 2.45) is 0 Å². The quantitative estimate of drug-likeness (QED) is 0.0980. The van der Waals surface area contributed by atoms with E-state index in [1.54, 1.807) is 30.3 Å². The van der Waals surface area contributed by atoms with E-state index in [2.05, 4.69) is 0 Å². The van der Waals surface area contributed by atoms with E-state index < -0.39 is 26.8 Å². The minimum atomic E-state index is -4.17. The minimum absolute atomic E-state index is 0.161. The Bertz CT molecular complexity index is 1980. The highest BCUT2D eigenvalue weighted by molar-refractivity contribution is 7.95. The van der Waals surface area contributed by atoms with Gasteiger partial charge in [-0.05, 0) is 53.2 Å². The lowest BCUT2D eigenvalue weighted by atomic mass is 10.1. The largest absolute Gasteiger partial charge is 0.426 e. The van der Waals surface area contributed by atoms with Crippen LogP contribution in [0.2, 0.25) is 13.1 Å². The number of nitrogens with two attached hydrogens (primary N) is 1. The van der Waals surface area contributed by atoms with Crippen LogP contribution in [0.1, 0.15) is 5.56 Å². The van der Waals surface area contributed by atoms with E-state index >= 15 is 0 Å². The first-order valence-electron chi connectivity index (χ1n) is 14.2. The Kier molecular flexibility index (Phi) is 8.18. The van der Waals surface area contributed by atoms with Crippen molar-refractivity contribution in [2.75, 3.05) is 5.73 Å². The molecule has 0 unspecified atom stereocenters. The van der Waals surface area contributed by atoms with Gasteiger partial charge in [0.05, 0.1) is 4.90 Å². The van der Waals surface area contributed by atoms with Gasteiger partial charge in [0.2, 0.25) is 10.0 Å². The normalized spacial score (nSPS) is 12.2. The van der Waals surface area contributed by atoms with Crippen LogP contribution in [0.15, 0.2) is 138 Å². The van der Waals surface area contributed by atoms with Gasteiger partial charge >= 0.3 is 8.53 Å². The molecule has 6 aromatic rings. The van der Waals surface area contributed by atoms with Gasteiger partial charge in [-0.1, -0.05) is 122 Å². The molecule has 2 N–H and O–H groups in total. The van der Waals surface area contributed by atoms with Crippen LogP contribution >= 0.6 is 8.53 Å². The maximum absolute atomic E-state index is 14.9. The number of hydrogen-bond acceptors (Lipinski definition) is 5. The number of benzene rings is 6. The van der Waals surface area contributed by atoms with Gasteiger partial charge in [0, 0.05) is 16.5 Å². The molecule has 0 aromatic heterocycles. The fraction of sp³-hybridized carbons (Fsp3) is 0.0857. The molecule has 0 aliphatic rings. The summed E-state index contributed by atoms with van der Waals surface area (Å²) in [5, 5.41) is 4.43. The molecular formula is C35H33N2O4PSSi. The summed E-state index contributed by atoms with van der Waals surface area (Å²) in [5.41, 5.74) is 8.02. The Morgan fingerprint density at radius 1 is 0.636 bits per heavy atom. The summed E-state index contributed by atoms with van der Waals surface area (Å²) < 4.78 is 44.9. The molecule has 6 rings (SSSR count). The zero-order valence-corrected chi connectivity index (χ0v) is 27.4. The molecule has 0 saturated carbocycles.